The van der Waals surface area contributed by atoms with E-state index in [9.17, 15) is 0 Å². The van der Waals surface area contributed by atoms with Gasteiger partial charge in [0.05, 0.1) is 0 Å². The summed E-state index contributed by atoms with van der Waals surface area (Å²) in [6, 6.07) is 18.1. The molecule has 4 rings (SSSR count). The first-order chi connectivity index (χ1) is 13.4. The van der Waals surface area contributed by atoms with Gasteiger partial charge in [0.2, 0.25) is 0 Å². The molecule has 0 amide bonds. The predicted molar refractivity (Wildman–Crippen MR) is 148 cm³/mol. The van der Waals surface area contributed by atoms with Crippen molar-refractivity contribution < 1.29 is 23.3 Å². The Morgan fingerprint density at radius 1 is 0.969 bits per heavy atom. The Kier molecular flexibility index (Phi) is 19.6. The second-order valence-electron chi connectivity index (χ2n) is 6.76. The summed E-state index contributed by atoms with van der Waals surface area (Å²) in [6.07, 6.45) is 3.36. The van der Waals surface area contributed by atoms with Crippen molar-refractivity contribution >= 4 is 65.7 Å². The number of halogens is 4. The zero-order valence-corrected chi connectivity index (χ0v) is 25.9. The third-order valence-corrected chi connectivity index (χ3v) is 5.62. The molecule has 0 spiro atoms. The molecule has 1 unspecified atom stereocenters. The average Bonchev–Trinajstić information content (AvgIpc) is 3.22. The van der Waals surface area contributed by atoms with Crippen molar-refractivity contribution in [3.63, 3.8) is 0 Å². The first kappa shape index (κ1) is 36.4. The van der Waals surface area contributed by atoms with E-state index in [2.05, 4.69) is 64.9 Å². The SMILES string of the molecule is CC1=[C-]C(C)C(C)=C1C.Cl.Cl.Clc1cc(Cl)c2c(-c3ccccc3)c[cH-]c2c1.[CH3-].[CH3-].[Si]=[Zr]. The summed E-state index contributed by atoms with van der Waals surface area (Å²) in [5, 5.41) is 3.53. The Labute approximate surface area is 234 Å². The first-order valence-electron chi connectivity index (χ1n) is 9.01. The van der Waals surface area contributed by atoms with E-state index >= 15 is 0 Å². The van der Waals surface area contributed by atoms with Crippen molar-refractivity contribution in [2.45, 2.75) is 27.7 Å². The molecule has 0 fully saturated rings. The topological polar surface area (TPSA) is 0 Å². The van der Waals surface area contributed by atoms with E-state index in [0.29, 0.717) is 16.0 Å². The standard InChI is InChI=1S/C15H9Cl2.C9H13.2CH3.2ClH.Si.Zr/c16-12-8-11-6-7-13(15(11)14(17)9-12)10-4-2-1-3-5-10;1-6-5-7(2)9(4)8(6)3;;;;;;/h1-9H;6H,1-4H3;2*1H3;2*1H;;/q4*-1;;;;. The first-order valence-corrected chi connectivity index (χ1v) is 14.0. The predicted octanol–water partition coefficient (Wildman–Crippen LogP) is 9.62. The van der Waals surface area contributed by atoms with E-state index in [0.717, 1.165) is 16.3 Å². The van der Waals surface area contributed by atoms with Crippen molar-refractivity contribution in [3.05, 3.63) is 102 Å². The van der Waals surface area contributed by atoms with Crippen LogP contribution >= 0.6 is 48.0 Å². The normalized spacial score (nSPS) is 13.5. The van der Waals surface area contributed by atoms with E-state index in [-0.39, 0.29) is 39.7 Å². The fourth-order valence-electron chi connectivity index (χ4n) is 3.29. The van der Waals surface area contributed by atoms with Gasteiger partial charge >= 0.3 is 30.2 Å². The maximum atomic E-state index is 6.27. The zero-order chi connectivity index (χ0) is 20.8. The van der Waals surface area contributed by atoms with Gasteiger partial charge in [-0.3, -0.25) is 6.08 Å². The van der Waals surface area contributed by atoms with Gasteiger partial charge in [0.15, 0.2) is 0 Å². The molecule has 1 aliphatic rings. The van der Waals surface area contributed by atoms with Crippen LogP contribution in [0, 0.1) is 26.8 Å². The Balaban J connectivity index is -0.000000490. The molecule has 0 aromatic heterocycles. The third kappa shape index (κ3) is 8.86. The summed E-state index contributed by atoms with van der Waals surface area (Å²) in [5.74, 6) is 0.560. The molecule has 0 heterocycles. The molecule has 0 bridgehead atoms. The summed E-state index contributed by atoms with van der Waals surface area (Å²) in [7, 11) is 0. The van der Waals surface area contributed by atoms with Crippen LogP contribution in [0.15, 0.2) is 71.3 Å². The molecule has 174 valence electrons. The van der Waals surface area contributed by atoms with Gasteiger partial charge in [0.25, 0.3) is 0 Å². The van der Waals surface area contributed by atoms with Gasteiger partial charge in [-0.05, 0) is 11.1 Å². The van der Waals surface area contributed by atoms with Crippen LogP contribution in [-0.4, -0.2) is 6.88 Å². The van der Waals surface area contributed by atoms with Crippen LogP contribution in [0.4, 0.5) is 0 Å². The van der Waals surface area contributed by atoms with Gasteiger partial charge in [-0.1, -0.05) is 85.8 Å². The van der Waals surface area contributed by atoms with Crippen molar-refractivity contribution in [1.82, 2.24) is 0 Å². The Bertz CT molecular complexity index is 1020. The number of allylic oxidation sites excluding steroid dienone is 4. The van der Waals surface area contributed by atoms with Crippen LogP contribution in [0.5, 0.6) is 0 Å². The van der Waals surface area contributed by atoms with Crippen LogP contribution in [0.3, 0.4) is 0 Å². The molecule has 0 aliphatic heterocycles. The van der Waals surface area contributed by atoms with Crippen molar-refractivity contribution in [1.29, 1.82) is 0 Å². The quantitative estimate of drug-likeness (QED) is 0.192. The van der Waals surface area contributed by atoms with Crippen LogP contribution in [-0.2, 0) is 23.3 Å². The molecule has 1 aliphatic carbocycles. The Hall–Kier alpha value is -0.210. The molecule has 1 atom stereocenters. The molecule has 0 saturated heterocycles. The van der Waals surface area contributed by atoms with E-state index in [1.165, 1.54) is 45.6 Å². The number of rotatable bonds is 1. The van der Waals surface area contributed by atoms with Gasteiger partial charge in [-0.25, -0.2) is 5.57 Å². The number of hydrogen-bond donors (Lipinski definition) is 0. The fourth-order valence-corrected chi connectivity index (χ4v) is 3.90. The van der Waals surface area contributed by atoms with Crippen molar-refractivity contribution in [2.24, 2.45) is 5.92 Å². The Morgan fingerprint density at radius 3 is 1.97 bits per heavy atom. The molecule has 0 N–H and O–H groups in total. The van der Waals surface area contributed by atoms with Gasteiger partial charge in [-0.15, -0.1) is 66.3 Å². The fraction of sp³-hybridized carbons (Fsp3) is 0.192. The molecule has 2 radical (unpaired) electrons. The summed E-state index contributed by atoms with van der Waals surface area (Å²) in [4.78, 5) is 0. The van der Waals surface area contributed by atoms with E-state index in [1.807, 2.05) is 24.3 Å². The summed E-state index contributed by atoms with van der Waals surface area (Å²) >= 11 is 13.6. The molecule has 6 heteroatoms. The maximum absolute atomic E-state index is 6.27. The molecular weight excluding hydrogens is 573 g/mol. The van der Waals surface area contributed by atoms with E-state index < -0.39 is 0 Å². The van der Waals surface area contributed by atoms with Crippen LogP contribution in [0.1, 0.15) is 27.7 Å². The molecule has 0 nitrogen and oxygen atoms in total. The number of benzene rings is 2. The average molecular weight is 604 g/mol. The van der Waals surface area contributed by atoms with Crippen molar-refractivity contribution in [3.8, 4) is 11.1 Å². The Morgan fingerprint density at radius 2 is 1.53 bits per heavy atom. The number of hydrogen-bond acceptors (Lipinski definition) is 0. The van der Waals surface area contributed by atoms with E-state index in [4.69, 9.17) is 23.2 Å². The molecule has 3 aromatic carbocycles. The van der Waals surface area contributed by atoms with Gasteiger partial charge in [-0.2, -0.15) is 11.1 Å². The van der Waals surface area contributed by atoms with E-state index in [1.54, 1.807) is 6.07 Å². The summed E-state index contributed by atoms with van der Waals surface area (Å²) < 4.78 is 0. The monoisotopic (exact) mass is 600 g/mol. The second-order valence-corrected chi connectivity index (χ2v) is 7.61. The molecular formula is C26H30Cl4SiZr-4. The van der Waals surface area contributed by atoms with Crippen molar-refractivity contribution in [2.75, 3.05) is 0 Å². The summed E-state index contributed by atoms with van der Waals surface area (Å²) in [5.41, 5.74) is 6.57. The minimum absolute atomic E-state index is 0. The zero-order valence-electron chi connectivity index (χ0n) is 19.3. The molecule has 0 saturated carbocycles. The minimum atomic E-state index is 0. The molecule has 32 heavy (non-hydrogen) atoms. The van der Waals surface area contributed by atoms with Crippen LogP contribution < -0.4 is 0 Å². The number of fused-ring (bicyclic) bond motifs is 1. The molecule has 3 aromatic rings. The summed E-state index contributed by atoms with van der Waals surface area (Å²) in [6.45, 7) is 11.7. The van der Waals surface area contributed by atoms with Crippen LogP contribution in [0.2, 0.25) is 10.0 Å². The third-order valence-electron chi connectivity index (χ3n) is 5.11. The van der Waals surface area contributed by atoms with Gasteiger partial charge in [0.1, 0.15) is 0 Å². The second kappa shape index (κ2) is 17.3. The van der Waals surface area contributed by atoms with Crippen LogP contribution in [0.25, 0.3) is 21.9 Å². The van der Waals surface area contributed by atoms with Gasteiger partial charge in [0, 0.05) is 5.02 Å². The van der Waals surface area contributed by atoms with Gasteiger partial charge < -0.3 is 14.9 Å².